The molecular weight excluding hydrogens is 242 g/mol. The highest BCUT2D eigenvalue weighted by atomic mass is 32.2. The summed E-state index contributed by atoms with van der Waals surface area (Å²) in [4.78, 5) is 10.6. The average Bonchev–Trinajstić information content (AvgIpc) is 2.58. The maximum Gasteiger partial charge on any atom is 0.345 e. The normalized spacial score (nSPS) is 23.4. The molecule has 3 N–H and O–H groups in total. The lowest BCUT2D eigenvalue weighted by Crippen LogP contribution is -2.33. The number of hydrogen-bond donors (Lipinski definition) is 3. The number of carbonyl (C=O) groups is 1. The third kappa shape index (κ3) is 1.65. The first-order valence-corrected chi connectivity index (χ1v) is 6.26. The fourth-order valence-electron chi connectivity index (χ4n) is 1.30. The molecule has 1 unspecified atom stereocenters. The van der Waals surface area contributed by atoms with Crippen LogP contribution < -0.4 is 4.72 Å². The number of nitrogens with one attached hydrogen (secondary N) is 1. The predicted molar refractivity (Wildman–Crippen MR) is 51.4 cm³/mol. The number of thiophene rings is 1. The molecule has 0 radical (unpaired) electrons. The van der Waals surface area contributed by atoms with E-state index in [1.165, 1.54) is 6.07 Å². The summed E-state index contributed by atoms with van der Waals surface area (Å²) in [7, 11) is -3.64. The Balaban J connectivity index is 2.64. The molecule has 0 saturated carbocycles. The average molecular weight is 249 g/mol. The molecule has 2 heterocycles. The summed E-state index contributed by atoms with van der Waals surface area (Å²) in [6.45, 7) is -0.120. The smallest absolute Gasteiger partial charge is 0.345 e. The van der Waals surface area contributed by atoms with E-state index in [1.807, 2.05) is 0 Å². The van der Waals surface area contributed by atoms with Gasteiger partial charge in [0.1, 0.15) is 9.09 Å². The summed E-state index contributed by atoms with van der Waals surface area (Å²) in [5.41, 5.74) is 0.163. The lowest BCUT2D eigenvalue weighted by atomic mass is 10.2. The number of aromatic carboxylic acids is 1. The summed E-state index contributed by atoms with van der Waals surface area (Å²) < 4.78 is 24.9. The number of aliphatic hydroxyl groups is 1. The van der Waals surface area contributed by atoms with E-state index in [0.717, 1.165) is 0 Å². The largest absolute Gasteiger partial charge is 0.477 e. The van der Waals surface area contributed by atoms with E-state index in [0.29, 0.717) is 11.3 Å². The van der Waals surface area contributed by atoms with Crippen LogP contribution in [0.3, 0.4) is 0 Å². The second kappa shape index (κ2) is 3.27. The third-order valence-corrected chi connectivity index (χ3v) is 5.12. The molecule has 0 spiro atoms. The second-order valence-electron chi connectivity index (χ2n) is 3.03. The van der Waals surface area contributed by atoms with Crippen molar-refractivity contribution >= 4 is 27.3 Å². The maximum atomic E-state index is 11.4. The van der Waals surface area contributed by atoms with Crippen LogP contribution in [0.1, 0.15) is 21.3 Å². The molecule has 8 heteroatoms. The SMILES string of the molecule is O=C(O)c1cc2c(s1)S(=O)(=O)NCC2O. The molecule has 1 aromatic heterocycles. The minimum absolute atomic E-state index is 0.0914. The van der Waals surface area contributed by atoms with E-state index in [1.54, 1.807) is 0 Å². The maximum absolute atomic E-state index is 11.4. The Bertz CT molecular complexity index is 517. The van der Waals surface area contributed by atoms with Crippen LogP contribution in [0.5, 0.6) is 0 Å². The van der Waals surface area contributed by atoms with Crippen LogP contribution in [0, 0.1) is 0 Å². The van der Waals surface area contributed by atoms with Crippen LogP contribution in [0.25, 0.3) is 0 Å². The van der Waals surface area contributed by atoms with Crippen molar-refractivity contribution in [1.29, 1.82) is 0 Å². The zero-order chi connectivity index (χ0) is 11.2. The lowest BCUT2D eigenvalue weighted by molar-refractivity contribution is 0.0702. The van der Waals surface area contributed by atoms with E-state index in [4.69, 9.17) is 5.11 Å². The standard InChI is InChI=1S/C7H7NO5S2/c9-4-2-8-15(12,13)7-3(4)1-5(14-7)6(10)11/h1,4,8-9H,2H2,(H,10,11). The van der Waals surface area contributed by atoms with Crippen LogP contribution in [-0.4, -0.2) is 31.1 Å². The van der Waals surface area contributed by atoms with Gasteiger partial charge in [0.25, 0.3) is 10.0 Å². The molecule has 82 valence electrons. The van der Waals surface area contributed by atoms with Gasteiger partial charge in [-0.15, -0.1) is 11.3 Å². The molecule has 0 aromatic carbocycles. The Morgan fingerprint density at radius 3 is 2.80 bits per heavy atom. The molecule has 0 amide bonds. The number of hydrogen-bond acceptors (Lipinski definition) is 5. The fraction of sp³-hybridized carbons (Fsp3) is 0.286. The van der Waals surface area contributed by atoms with Crippen LogP contribution in [0.15, 0.2) is 10.3 Å². The first-order valence-electron chi connectivity index (χ1n) is 3.96. The van der Waals surface area contributed by atoms with Crippen LogP contribution in [-0.2, 0) is 10.0 Å². The van der Waals surface area contributed by atoms with Gasteiger partial charge in [0, 0.05) is 12.1 Å². The van der Waals surface area contributed by atoms with Crippen molar-refractivity contribution < 1.29 is 23.4 Å². The summed E-state index contributed by atoms with van der Waals surface area (Å²) in [5.74, 6) is -1.20. The Labute approximate surface area is 89.2 Å². The highest BCUT2D eigenvalue weighted by molar-refractivity contribution is 7.91. The van der Waals surface area contributed by atoms with Gasteiger partial charge in [0.05, 0.1) is 6.10 Å². The van der Waals surface area contributed by atoms with Crippen molar-refractivity contribution in [3.63, 3.8) is 0 Å². The Morgan fingerprint density at radius 2 is 2.27 bits per heavy atom. The first kappa shape index (κ1) is 10.6. The van der Waals surface area contributed by atoms with Crippen molar-refractivity contribution in [2.45, 2.75) is 10.3 Å². The van der Waals surface area contributed by atoms with Gasteiger partial charge >= 0.3 is 5.97 Å². The van der Waals surface area contributed by atoms with Gasteiger partial charge in [0.2, 0.25) is 0 Å². The van der Waals surface area contributed by atoms with Gasteiger partial charge in [-0.25, -0.2) is 17.9 Å². The van der Waals surface area contributed by atoms with E-state index in [-0.39, 0.29) is 21.2 Å². The third-order valence-electron chi connectivity index (χ3n) is 2.01. The van der Waals surface area contributed by atoms with Crippen LogP contribution >= 0.6 is 11.3 Å². The van der Waals surface area contributed by atoms with Gasteiger partial charge in [-0.3, -0.25) is 0 Å². The van der Waals surface area contributed by atoms with Gasteiger partial charge < -0.3 is 10.2 Å². The minimum Gasteiger partial charge on any atom is -0.477 e. The van der Waals surface area contributed by atoms with Crippen molar-refractivity contribution in [2.75, 3.05) is 6.54 Å². The van der Waals surface area contributed by atoms with Crippen LogP contribution in [0.2, 0.25) is 0 Å². The van der Waals surface area contributed by atoms with Crippen molar-refractivity contribution in [3.8, 4) is 0 Å². The molecule has 0 aliphatic carbocycles. The number of sulfonamides is 1. The van der Waals surface area contributed by atoms with Gasteiger partial charge in [-0.2, -0.15) is 0 Å². The number of rotatable bonds is 1. The van der Waals surface area contributed by atoms with Gasteiger partial charge in [-0.05, 0) is 6.07 Å². The molecule has 1 aromatic rings. The fourth-order valence-corrected chi connectivity index (χ4v) is 3.98. The van der Waals surface area contributed by atoms with E-state index < -0.39 is 22.1 Å². The highest BCUT2D eigenvalue weighted by Crippen LogP contribution is 2.34. The molecule has 0 bridgehead atoms. The van der Waals surface area contributed by atoms with Gasteiger partial charge in [-0.1, -0.05) is 0 Å². The molecule has 15 heavy (non-hydrogen) atoms. The summed E-state index contributed by atoms with van der Waals surface area (Å²) in [6, 6.07) is 1.20. The van der Waals surface area contributed by atoms with Crippen molar-refractivity contribution in [3.05, 3.63) is 16.5 Å². The van der Waals surface area contributed by atoms with Crippen molar-refractivity contribution in [2.24, 2.45) is 0 Å². The minimum atomic E-state index is -3.64. The van der Waals surface area contributed by atoms with Gasteiger partial charge in [0.15, 0.2) is 0 Å². The number of fused-ring (bicyclic) bond motifs is 1. The molecule has 2 rings (SSSR count). The topological polar surface area (TPSA) is 104 Å². The summed E-state index contributed by atoms with van der Waals surface area (Å²) in [6.07, 6.45) is -0.979. The number of carboxylic acid groups (broad SMARTS) is 1. The van der Waals surface area contributed by atoms with Crippen molar-refractivity contribution in [1.82, 2.24) is 4.72 Å². The molecule has 0 fully saturated rings. The Kier molecular flexibility index (Phi) is 2.30. The monoisotopic (exact) mass is 249 g/mol. The number of aliphatic hydroxyl groups excluding tert-OH is 1. The van der Waals surface area contributed by atoms with E-state index in [9.17, 15) is 18.3 Å². The second-order valence-corrected chi connectivity index (χ2v) is 6.04. The molecule has 1 aliphatic rings. The van der Waals surface area contributed by atoms with Crippen LogP contribution in [0.4, 0.5) is 0 Å². The summed E-state index contributed by atoms with van der Waals surface area (Å²) >= 11 is 0.644. The molecule has 0 saturated heterocycles. The zero-order valence-corrected chi connectivity index (χ0v) is 8.93. The molecule has 1 atom stereocenters. The summed E-state index contributed by atoms with van der Waals surface area (Å²) in [5, 5.41) is 18.2. The molecular formula is C7H7NO5S2. The number of β-amino-alcohol motifs (C(OH)–C–C–N with tert-alkyl or cyclic N) is 1. The Hall–Kier alpha value is -0.960. The Morgan fingerprint density at radius 1 is 1.60 bits per heavy atom. The zero-order valence-electron chi connectivity index (χ0n) is 7.30. The van der Waals surface area contributed by atoms with E-state index >= 15 is 0 Å². The van der Waals surface area contributed by atoms with E-state index in [2.05, 4.69) is 4.72 Å². The number of carboxylic acids is 1. The first-order chi connectivity index (χ1) is 6.92. The molecule has 1 aliphatic heterocycles. The lowest BCUT2D eigenvalue weighted by Gasteiger charge is -2.18. The highest BCUT2D eigenvalue weighted by Gasteiger charge is 2.32. The predicted octanol–water partition coefficient (Wildman–Crippen LogP) is -0.228. The molecule has 6 nitrogen and oxygen atoms in total. The quantitative estimate of drug-likeness (QED) is 0.638.